The molecule has 0 saturated heterocycles. The van der Waals surface area contributed by atoms with Crippen LogP contribution in [0, 0.1) is 24.7 Å². The highest BCUT2D eigenvalue weighted by molar-refractivity contribution is 5.70. The molecule has 0 saturated carbocycles. The lowest BCUT2D eigenvalue weighted by Gasteiger charge is -2.09. The Hall–Kier alpha value is -2.20. The molecule has 48 heavy (non-hydrogen) atoms. The van der Waals surface area contributed by atoms with E-state index in [4.69, 9.17) is 22.3 Å². The molecule has 0 rings (SSSR count). The molecule has 276 valence electrons. The first-order chi connectivity index (χ1) is 23.6. The Morgan fingerprint density at radius 1 is 0.375 bits per heavy atom. The first-order valence-electron chi connectivity index (χ1n) is 20.5. The van der Waals surface area contributed by atoms with Crippen molar-refractivity contribution in [1.82, 2.24) is 0 Å². The zero-order valence-corrected chi connectivity index (χ0v) is 31.8. The number of unbranched alkanes of at least 4 members (excludes halogenated alkanes) is 28. The van der Waals surface area contributed by atoms with Crippen molar-refractivity contribution >= 4 is 11.9 Å². The lowest BCUT2D eigenvalue weighted by molar-refractivity contribution is -0.144. The minimum atomic E-state index is -0.265. The fraction of sp³-hybridized carbons (Fsp3) is 0.818. The van der Waals surface area contributed by atoms with E-state index >= 15 is 0 Å². The highest BCUT2D eigenvalue weighted by Gasteiger charge is 2.11. The van der Waals surface area contributed by atoms with Crippen molar-refractivity contribution in [2.24, 2.45) is 0 Å². The molecule has 0 aromatic rings. The van der Waals surface area contributed by atoms with Gasteiger partial charge in [0.2, 0.25) is 0 Å². The summed E-state index contributed by atoms with van der Waals surface area (Å²) in [4.78, 5) is 24.5. The molecule has 0 unspecified atom stereocenters. The maximum Gasteiger partial charge on any atom is 0.306 e. The monoisotopic (exact) mass is 669 g/mol. The largest absolute Gasteiger partial charge is 0.460 e. The van der Waals surface area contributed by atoms with Gasteiger partial charge in [-0.25, -0.2) is 0 Å². The molecule has 0 heterocycles. The van der Waals surface area contributed by atoms with E-state index in [-0.39, 0.29) is 25.2 Å². The predicted molar refractivity (Wildman–Crippen MR) is 206 cm³/mol. The number of rotatable bonds is 36. The molecule has 4 heteroatoms. The fourth-order valence-corrected chi connectivity index (χ4v) is 6.16. The summed E-state index contributed by atoms with van der Waals surface area (Å²) in [6.45, 7) is 4.44. The predicted octanol–water partition coefficient (Wildman–Crippen LogP) is 13.2. The molecule has 0 aromatic carbocycles. The lowest BCUT2D eigenvalue weighted by Crippen LogP contribution is -2.12. The Labute approximate surface area is 298 Å². The van der Waals surface area contributed by atoms with E-state index in [1.54, 1.807) is 0 Å². The van der Waals surface area contributed by atoms with Gasteiger partial charge in [0.15, 0.2) is 0 Å². The zero-order valence-electron chi connectivity index (χ0n) is 31.8. The van der Waals surface area contributed by atoms with Crippen molar-refractivity contribution in [3.05, 3.63) is 11.1 Å². The molecule has 0 radical (unpaired) electrons. The Morgan fingerprint density at radius 3 is 0.792 bits per heavy atom. The van der Waals surface area contributed by atoms with Crippen LogP contribution in [0.25, 0.3) is 0 Å². The molecular weight excluding hydrogens is 592 g/mol. The van der Waals surface area contributed by atoms with Crippen molar-refractivity contribution in [2.75, 3.05) is 13.2 Å². The highest BCUT2D eigenvalue weighted by atomic mass is 16.5. The summed E-state index contributed by atoms with van der Waals surface area (Å²) in [5.74, 6) is 4.52. The van der Waals surface area contributed by atoms with Crippen LogP contribution in [0.1, 0.15) is 219 Å². The third-order valence-corrected chi connectivity index (χ3v) is 9.44. The molecule has 0 N–H and O–H groups in total. The third-order valence-electron chi connectivity index (χ3n) is 9.44. The average Bonchev–Trinajstić information content (AvgIpc) is 3.09. The standard InChI is InChI=1S/C44H76O4/c1-5-9-11-13-15-17-19-21-23-25-27-29-31-33-35-37-43(45)47-39-41(7-3)42(8-4)40-48-44(46)38-36-34-32-30-28-26-24-22-20-18-16-14-12-10-6-2/h3-4H,5-6,9-40H2,1-2H3/b42-41+. The van der Waals surface area contributed by atoms with Gasteiger partial charge in [-0.3, -0.25) is 9.59 Å². The molecule has 0 aromatic heterocycles. The quantitative estimate of drug-likeness (QED) is 0.0379. The van der Waals surface area contributed by atoms with Crippen LogP contribution < -0.4 is 0 Å². The summed E-state index contributed by atoms with van der Waals surface area (Å²) >= 11 is 0. The van der Waals surface area contributed by atoms with Gasteiger partial charge in [0.1, 0.15) is 13.2 Å². The van der Waals surface area contributed by atoms with Crippen LogP contribution in [0.3, 0.4) is 0 Å². The lowest BCUT2D eigenvalue weighted by atomic mass is 10.0. The summed E-state index contributed by atoms with van der Waals surface area (Å²) in [5, 5.41) is 0. The van der Waals surface area contributed by atoms with Crippen LogP contribution in [0.4, 0.5) is 0 Å². The third kappa shape index (κ3) is 32.4. The minimum Gasteiger partial charge on any atom is -0.460 e. The SMILES string of the molecule is C#C/C(COC(=O)CCCCCCCCCCCCCCCCC)=C(/C#C)COC(=O)CCCCCCCCCCCCCCCCC. The van der Waals surface area contributed by atoms with E-state index in [1.165, 1.54) is 154 Å². The van der Waals surface area contributed by atoms with Crippen molar-refractivity contribution in [1.29, 1.82) is 0 Å². The van der Waals surface area contributed by atoms with E-state index in [0.717, 1.165) is 38.5 Å². The number of ether oxygens (including phenoxy) is 2. The molecule has 0 bridgehead atoms. The number of terminal acetylenes is 2. The second-order valence-electron chi connectivity index (χ2n) is 14.0. The Balaban J connectivity index is 3.80. The Bertz CT molecular complexity index is 788. The smallest absolute Gasteiger partial charge is 0.306 e. The van der Waals surface area contributed by atoms with Crippen LogP contribution >= 0.6 is 0 Å². The highest BCUT2D eigenvalue weighted by Crippen LogP contribution is 2.16. The molecule has 0 aliphatic rings. The van der Waals surface area contributed by atoms with Crippen LogP contribution in [-0.2, 0) is 19.1 Å². The van der Waals surface area contributed by atoms with Gasteiger partial charge in [0.25, 0.3) is 0 Å². The van der Waals surface area contributed by atoms with Gasteiger partial charge >= 0.3 is 11.9 Å². The number of esters is 2. The van der Waals surface area contributed by atoms with Crippen LogP contribution in [0.5, 0.6) is 0 Å². The second kappa shape index (κ2) is 37.6. The molecule has 0 aliphatic heterocycles. The van der Waals surface area contributed by atoms with E-state index in [2.05, 4.69) is 25.7 Å². The van der Waals surface area contributed by atoms with Gasteiger partial charge in [-0.2, -0.15) is 0 Å². The maximum absolute atomic E-state index is 12.2. The second-order valence-corrected chi connectivity index (χ2v) is 14.0. The van der Waals surface area contributed by atoms with Gasteiger partial charge in [0.05, 0.1) is 11.1 Å². The van der Waals surface area contributed by atoms with E-state index in [9.17, 15) is 9.59 Å². The number of carbonyl (C=O) groups excluding carboxylic acids is 2. The first kappa shape index (κ1) is 45.8. The van der Waals surface area contributed by atoms with Crippen molar-refractivity contribution in [2.45, 2.75) is 219 Å². The fourth-order valence-electron chi connectivity index (χ4n) is 6.16. The Kier molecular flexibility index (Phi) is 35.9. The van der Waals surface area contributed by atoms with Gasteiger partial charge < -0.3 is 9.47 Å². The zero-order chi connectivity index (χ0) is 35.2. The normalized spacial score (nSPS) is 11.5. The topological polar surface area (TPSA) is 52.6 Å². The van der Waals surface area contributed by atoms with Gasteiger partial charge in [-0.1, -0.05) is 205 Å². The van der Waals surface area contributed by atoms with Gasteiger partial charge in [-0.05, 0) is 12.8 Å². The minimum absolute atomic E-state index is 0.0514. The average molecular weight is 669 g/mol. The molecule has 0 fully saturated rings. The molecule has 4 nitrogen and oxygen atoms in total. The Morgan fingerprint density at radius 2 is 0.583 bits per heavy atom. The van der Waals surface area contributed by atoms with Crippen molar-refractivity contribution in [3.63, 3.8) is 0 Å². The van der Waals surface area contributed by atoms with Crippen LogP contribution in [0.2, 0.25) is 0 Å². The maximum atomic E-state index is 12.2. The number of carbonyl (C=O) groups is 2. The van der Waals surface area contributed by atoms with E-state index in [1.807, 2.05) is 0 Å². The van der Waals surface area contributed by atoms with E-state index in [0.29, 0.717) is 24.0 Å². The van der Waals surface area contributed by atoms with Crippen molar-refractivity contribution < 1.29 is 19.1 Å². The molecule has 0 spiro atoms. The summed E-state index contributed by atoms with van der Waals surface area (Å²) in [5.41, 5.74) is 0.782. The molecule has 0 aliphatic carbocycles. The van der Waals surface area contributed by atoms with Crippen molar-refractivity contribution in [3.8, 4) is 24.7 Å². The summed E-state index contributed by atoms with van der Waals surface area (Å²) in [7, 11) is 0. The van der Waals surface area contributed by atoms with Gasteiger partial charge in [0, 0.05) is 12.8 Å². The van der Waals surface area contributed by atoms with Crippen LogP contribution in [0.15, 0.2) is 11.1 Å². The number of hydrogen-bond acceptors (Lipinski definition) is 4. The van der Waals surface area contributed by atoms with Crippen LogP contribution in [-0.4, -0.2) is 25.2 Å². The summed E-state index contributed by atoms with van der Waals surface area (Å²) < 4.78 is 10.8. The molecule has 0 atom stereocenters. The summed E-state index contributed by atoms with van der Waals surface area (Å²) in [6, 6.07) is 0. The number of hydrogen-bond donors (Lipinski definition) is 0. The first-order valence-corrected chi connectivity index (χ1v) is 20.5. The van der Waals surface area contributed by atoms with E-state index < -0.39 is 0 Å². The van der Waals surface area contributed by atoms with Gasteiger partial charge in [-0.15, -0.1) is 12.8 Å². The summed E-state index contributed by atoms with van der Waals surface area (Å²) in [6.07, 6.45) is 50.7. The molecule has 0 amide bonds. The molecular formula is C44H76O4.